The molecule has 3 rings (SSSR count). The summed E-state index contributed by atoms with van der Waals surface area (Å²) in [5, 5.41) is 3.68. The van der Waals surface area contributed by atoms with Gasteiger partial charge in [0.25, 0.3) is 0 Å². The van der Waals surface area contributed by atoms with Crippen LogP contribution in [0.15, 0.2) is 24.3 Å². The van der Waals surface area contributed by atoms with Crippen LogP contribution in [0, 0.1) is 11.3 Å². The monoisotopic (exact) mass is 273 g/mol. The topological polar surface area (TPSA) is 21.3 Å². The van der Waals surface area contributed by atoms with Gasteiger partial charge in [-0.2, -0.15) is 0 Å². The second kappa shape index (κ2) is 5.77. The molecule has 0 saturated heterocycles. The number of rotatable bonds is 6. The second-order valence-electron chi connectivity index (χ2n) is 7.13. The first kappa shape index (κ1) is 13.9. The van der Waals surface area contributed by atoms with Gasteiger partial charge in [0.2, 0.25) is 0 Å². The minimum absolute atomic E-state index is 0.528. The first-order valence-corrected chi connectivity index (χ1v) is 8.11. The van der Waals surface area contributed by atoms with Gasteiger partial charge in [0.15, 0.2) is 0 Å². The van der Waals surface area contributed by atoms with Gasteiger partial charge in [-0.15, -0.1) is 0 Å². The Morgan fingerprint density at radius 2 is 2.10 bits per heavy atom. The van der Waals surface area contributed by atoms with E-state index in [9.17, 15) is 0 Å². The fourth-order valence-electron chi connectivity index (χ4n) is 3.68. The number of benzene rings is 1. The molecule has 1 aromatic carbocycles. The highest BCUT2D eigenvalue weighted by Gasteiger charge is 2.40. The van der Waals surface area contributed by atoms with Gasteiger partial charge in [-0.1, -0.05) is 38.5 Å². The average Bonchev–Trinajstić information content (AvgIpc) is 2.79. The third-order valence-corrected chi connectivity index (χ3v) is 4.95. The van der Waals surface area contributed by atoms with Crippen molar-refractivity contribution < 1.29 is 4.74 Å². The van der Waals surface area contributed by atoms with Gasteiger partial charge >= 0.3 is 0 Å². The summed E-state index contributed by atoms with van der Waals surface area (Å²) in [5.41, 5.74) is 1.96. The molecule has 1 fully saturated rings. The van der Waals surface area contributed by atoms with Crippen LogP contribution in [0.4, 0.5) is 0 Å². The Bertz CT molecular complexity index is 450. The quantitative estimate of drug-likeness (QED) is 0.847. The molecule has 1 unspecified atom stereocenters. The van der Waals surface area contributed by atoms with Crippen molar-refractivity contribution in [2.75, 3.05) is 19.7 Å². The van der Waals surface area contributed by atoms with Crippen molar-refractivity contribution in [2.24, 2.45) is 11.3 Å². The lowest BCUT2D eigenvalue weighted by Gasteiger charge is -2.44. The molecule has 1 saturated carbocycles. The number of ether oxygens (including phenoxy) is 1. The average molecular weight is 273 g/mol. The molecule has 1 N–H and O–H groups in total. The number of hydrogen-bond acceptors (Lipinski definition) is 2. The molecule has 1 aromatic rings. The molecule has 1 atom stereocenters. The summed E-state index contributed by atoms with van der Waals surface area (Å²) >= 11 is 0. The van der Waals surface area contributed by atoms with Crippen LogP contribution >= 0.6 is 0 Å². The zero-order valence-corrected chi connectivity index (χ0v) is 12.8. The van der Waals surface area contributed by atoms with Gasteiger partial charge in [0.1, 0.15) is 5.75 Å². The molecular formula is C18H27NO. The number of hydrogen-bond donors (Lipinski definition) is 1. The van der Waals surface area contributed by atoms with E-state index in [2.05, 4.69) is 43.4 Å². The maximum Gasteiger partial charge on any atom is 0.122 e. The van der Waals surface area contributed by atoms with Crippen LogP contribution in [-0.2, 0) is 0 Å². The summed E-state index contributed by atoms with van der Waals surface area (Å²) in [7, 11) is 0. The van der Waals surface area contributed by atoms with Gasteiger partial charge in [-0.05, 0) is 43.2 Å². The van der Waals surface area contributed by atoms with Crippen molar-refractivity contribution in [3.63, 3.8) is 0 Å². The highest BCUT2D eigenvalue weighted by Crippen LogP contribution is 2.49. The van der Waals surface area contributed by atoms with Crippen LogP contribution in [0.1, 0.15) is 51.0 Å². The summed E-state index contributed by atoms with van der Waals surface area (Å²) in [6.07, 6.45) is 5.46. The van der Waals surface area contributed by atoms with E-state index in [1.165, 1.54) is 37.8 Å². The van der Waals surface area contributed by atoms with Gasteiger partial charge < -0.3 is 10.1 Å². The maximum atomic E-state index is 5.85. The predicted molar refractivity (Wildman–Crippen MR) is 83.3 cm³/mol. The van der Waals surface area contributed by atoms with Gasteiger partial charge in [-0.25, -0.2) is 0 Å². The normalized spacial score (nSPS) is 23.2. The van der Waals surface area contributed by atoms with Crippen LogP contribution in [-0.4, -0.2) is 19.7 Å². The summed E-state index contributed by atoms with van der Waals surface area (Å²) in [5.74, 6) is 2.46. The van der Waals surface area contributed by atoms with Crippen molar-refractivity contribution in [3.05, 3.63) is 29.8 Å². The Kier molecular flexibility index (Phi) is 4.02. The first-order chi connectivity index (χ1) is 9.69. The van der Waals surface area contributed by atoms with E-state index in [1.54, 1.807) is 0 Å². The molecule has 2 aliphatic rings. The molecule has 0 radical (unpaired) electrons. The molecule has 0 aromatic heterocycles. The van der Waals surface area contributed by atoms with E-state index in [1.807, 2.05) is 0 Å². The lowest BCUT2D eigenvalue weighted by atomic mass is 9.63. The smallest absolute Gasteiger partial charge is 0.122 e. The number of fused-ring (bicyclic) bond motifs is 1. The second-order valence-corrected chi connectivity index (χ2v) is 7.13. The maximum absolute atomic E-state index is 5.85. The highest BCUT2D eigenvalue weighted by molar-refractivity contribution is 5.39. The van der Waals surface area contributed by atoms with Gasteiger partial charge in [-0.3, -0.25) is 0 Å². The molecule has 0 bridgehead atoms. The Morgan fingerprint density at radius 3 is 2.80 bits per heavy atom. The number of nitrogens with one attached hydrogen (secondary N) is 1. The van der Waals surface area contributed by atoms with Crippen molar-refractivity contribution in [2.45, 2.75) is 45.4 Å². The summed E-state index contributed by atoms with van der Waals surface area (Å²) in [6.45, 7) is 7.76. The van der Waals surface area contributed by atoms with Crippen LogP contribution in [0.3, 0.4) is 0 Å². The highest BCUT2D eigenvalue weighted by atomic mass is 16.5. The third-order valence-electron chi connectivity index (χ3n) is 4.95. The Morgan fingerprint density at radius 1 is 1.30 bits per heavy atom. The molecule has 1 heterocycles. The molecule has 110 valence electrons. The van der Waals surface area contributed by atoms with E-state index < -0.39 is 0 Å². The lowest BCUT2D eigenvalue weighted by Crippen LogP contribution is -2.42. The Hall–Kier alpha value is -1.02. The fourth-order valence-corrected chi connectivity index (χ4v) is 3.68. The van der Waals surface area contributed by atoms with Crippen molar-refractivity contribution in [1.82, 2.24) is 5.32 Å². The van der Waals surface area contributed by atoms with E-state index in [-0.39, 0.29) is 0 Å². The molecule has 1 aliphatic carbocycles. The van der Waals surface area contributed by atoms with Crippen LogP contribution in [0.2, 0.25) is 0 Å². The van der Waals surface area contributed by atoms with E-state index in [0.717, 1.165) is 24.8 Å². The minimum atomic E-state index is 0.528. The van der Waals surface area contributed by atoms with Crippen molar-refractivity contribution in [1.29, 1.82) is 0 Å². The van der Waals surface area contributed by atoms with E-state index in [0.29, 0.717) is 11.3 Å². The first-order valence-electron chi connectivity index (χ1n) is 8.11. The molecular weight excluding hydrogens is 246 g/mol. The van der Waals surface area contributed by atoms with Crippen molar-refractivity contribution in [3.8, 4) is 5.75 Å². The fraction of sp³-hybridized carbons (Fsp3) is 0.667. The molecule has 2 nitrogen and oxygen atoms in total. The van der Waals surface area contributed by atoms with Gasteiger partial charge in [0, 0.05) is 18.0 Å². The van der Waals surface area contributed by atoms with E-state index >= 15 is 0 Å². The van der Waals surface area contributed by atoms with Crippen molar-refractivity contribution >= 4 is 0 Å². The Labute approximate surface area is 122 Å². The zero-order valence-electron chi connectivity index (χ0n) is 12.8. The standard InChI is InChI=1S/C18H27NO/c1-14(2)11-19-13-18(8-5-9-18)10-15-12-20-17-7-4-3-6-16(15)17/h3-4,6-7,14-15,19H,5,8-13H2,1-2H3. The van der Waals surface area contributed by atoms with E-state index in [4.69, 9.17) is 4.74 Å². The molecule has 2 heteroatoms. The molecule has 0 spiro atoms. The SMILES string of the molecule is CC(C)CNCC1(CC2COc3ccccc32)CCC1. The largest absolute Gasteiger partial charge is 0.493 e. The molecule has 0 amide bonds. The summed E-state index contributed by atoms with van der Waals surface area (Å²) < 4.78 is 5.85. The van der Waals surface area contributed by atoms with Crippen LogP contribution in [0.5, 0.6) is 5.75 Å². The third kappa shape index (κ3) is 2.85. The summed E-state index contributed by atoms with van der Waals surface area (Å²) in [6, 6.07) is 8.58. The minimum Gasteiger partial charge on any atom is -0.493 e. The molecule has 20 heavy (non-hydrogen) atoms. The van der Waals surface area contributed by atoms with Gasteiger partial charge in [0.05, 0.1) is 6.61 Å². The number of para-hydroxylation sites is 1. The zero-order chi connectivity index (χ0) is 14.0. The molecule has 1 aliphatic heterocycles. The summed E-state index contributed by atoms with van der Waals surface area (Å²) in [4.78, 5) is 0. The Balaban J connectivity index is 1.61. The predicted octanol–water partition coefficient (Wildman–Crippen LogP) is 3.97. The lowest BCUT2D eigenvalue weighted by molar-refractivity contribution is 0.0997. The van der Waals surface area contributed by atoms with Crippen LogP contribution < -0.4 is 10.1 Å². The van der Waals surface area contributed by atoms with Crippen LogP contribution in [0.25, 0.3) is 0 Å².